The number of thioether (sulfide) groups is 1. The normalized spacial score (nSPS) is 38.2. The standard InChI is InChI=1S/C5H10O2S/c6-2-5-1-4(7)3-8-5/h4-7H,1-3H2/t4?,5-/m0/s1. The molecule has 1 fully saturated rings. The van der Waals surface area contributed by atoms with Crippen molar-refractivity contribution in [2.75, 3.05) is 12.4 Å². The van der Waals surface area contributed by atoms with Gasteiger partial charge in [-0.2, -0.15) is 11.8 Å². The van der Waals surface area contributed by atoms with Crippen molar-refractivity contribution in [3.63, 3.8) is 0 Å². The van der Waals surface area contributed by atoms with Gasteiger partial charge in [-0.15, -0.1) is 0 Å². The lowest BCUT2D eigenvalue weighted by Gasteiger charge is -1.99. The minimum atomic E-state index is -0.169. The number of aliphatic hydroxyl groups excluding tert-OH is 2. The fourth-order valence-corrected chi connectivity index (χ4v) is 1.91. The van der Waals surface area contributed by atoms with E-state index in [1.54, 1.807) is 11.8 Å². The average molecular weight is 134 g/mol. The Morgan fingerprint density at radius 2 is 2.38 bits per heavy atom. The van der Waals surface area contributed by atoms with Gasteiger partial charge in [0.05, 0.1) is 12.7 Å². The third-order valence-electron chi connectivity index (χ3n) is 1.26. The van der Waals surface area contributed by atoms with Gasteiger partial charge in [-0.1, -0.05) is 0 Å². The second-order valence-electron chi connectivity index (χ2n) is 2.03. The third kappa shape index (κ3) is 1.37. The molecular formula is C5H10O2S. The summed E-state index contributed by atoms with van der Waals surface area (Å²) >= 11 is 1.65. The fraction of sp³-hybridized carbons (Fsp3) is 1.00. The van der Waals surface area contributed by atoms with E-state index in [4.69, 9.17) is 10.2 Å². The lowest BCUT2D eigenvalue weighted by molar-refractivity contribution is 0.184. The maximum Gasteiger partial charge on any atom is 0.0642 e. The Bertz CT molecular complexity index is 76.8. The lowest BCUT2D eigenvalue weighted by Crippen LogP contribution is -2.08. The van der Waals surface area contributed by atoms with Gasteiger partial charge < -0.3 is 10.2 Å². The molecule has 2 N–H and O–H groups in total. The summed E-state index contributed by atoms with van der Waals surface area (Å²) in [6, 6.07) is 0. The van der Waals surface area contributed by atoms with Crippen LogP contribution in [0, 0.1) is 0 Å². The lowest BCUT2D eigenvalue weighted by atomic mass is 10.2. The van der Waals surface area contributed by atoms with E-state index in [0.717, 1.165) is 12.2 Å². The van der Waals surface area contributed by atoms with Gasteiger partial charge in [0.25, 0.3) is 0 Å². The Hall–Kier alpha value is 0.270. The van der Waals surface area contributed by atoms with Gasteiger partial charge in [0, 0.05) is 11.0 Å². The maximum absolute atomic E-state index is 8.90. The van der Waals surface area contributed by atoms with Crippen LogP contribution in [0.15, 0.2) is 0 Å². The molecule has 3 heteroatoms. The molecule has 2 atom stereocenters. The van der Waals surface area contributed by atoms with E-state index in [0.29, 0.717) is 5.25 Å². The topological polar surface area (TPSA) is 40.5 Å². The van der Waals surface area contributed by atoms with Gasteiger partial charge in [-0.3, -0.25) is 0 Å². The molecule has 0 bridgehead atoms. The van der Waals surface area contributed by atoms with Crippen molar-refractivity contribution in [3.05, 3.63) is 0 Å². The summed E-state index contributed by atoms with van der Waals surface area (Å²) in [4.78, 5) is 0. The van der Waals surface area contributed by atoms with Crippen molar-refractivity contribution in [1.82, 2.24) is 0 Å². The van der Waals surface area contributed by atoms with E-state index < -0.39 is 0 Å². The minimum Gasteiger partial charge on any atom is -0.395 e. The first-order valence-electron chi connectivity index (χ1n) is 2.73. The number of rotatable bonds is 1. The quantitative estimate of drug-likeness (QED) is 0.524. The highest BCUT2D eigenvalue weighted by Crippen LogP contribution is 2.25. The second kappa shape index (κ2) is 2.71. The van der Waals surface area contributed by atoms with Crippen LogP contribution in [0.25, 0.3) is 0 Å². The summed E-state index contributed by atoms with van der Waals surface area (Å²) < 4.78 is 0. The van der Waals surface area contributed by atoms with Crippen LogP contribution in [0.1, 0.15) is 6.42 Å². The highest BCUT2D eigenvalue weighted by atomic mass is 32.2. The molecule has 0 aromatic rings. The van der Waals surface area contributed by atoms with E-state index >= 15 is 0 Å². The van der Waals surface area contributed by atoms with Crippen molar-refractivity contribution in [1.29, 1.82) is 0 Å². The molecule has 2 nitrogen and oxygen atoms in total. The molecule has 0 amide bonds. The van der Waals surface area contributed by atoms with Crippen LogP contribution in [-0.4, -0.2) is 33.9 Å². The molecule has 0 radical (unpaired) electrons. The minimum absolute atomic E-state index is 0.169. The first kappa shape index (κ1) is 6.39. The van der Waals surface area contributed by atoms with E-state index in [1.165, 1.54) is 0 Å². The highest BCUT2D eigenvalue weighted by Gasteiger charge is 2.21. The van der Waals surface area contributed by atoms with E-state index in [9.17, 15) is 0 Å². The smallest absolute Gasteiger partial charge is 0.0642 e. The highest BCUT2D eigenvalue weighted by molar-refractivity contribution is 8.00. The molecular weight excluding hydrogens is 124 g/mol. The SMILES string of the molecule is OC[C@@H]1CC(O)CS1. The van der Waals surface area contributed by atoms with Crippen molar-refractivity contribution >= 4 is 11.8 Å². The van der Waals surface area contributed by atoms with Gasteiger partial charge in [0.2, 0.25) is 0 Å². The van der Waals surface area contributed by atoms with Crippen molar-refractivity contribution in [2.24, 2.45) is 0 Å². The van der Waals surface area contributed by atoms with Gasteiger partial charge >= 0.3 is 0 Å². The summed E-state index contributed by atoms with van der Waals surface area (Å²) in [6.07, 6.45) is 0.596. The Kier molecular flexibility index (Phi) is 2.16. The van der Waals surface area contributed by atoms with Crippen LogP contribution in [0.4, 0.5) is 0 Å². The molecule has 1 aliphatic heterocycles. The zero-order valence-electron chi connectivity index (χ0n) is 4.58. The van der Waals surface area contributed by atoms with Gasteiger partial charge in [0.15, 0.2) is 0 Å². The van der Waals surface area contributed by atoms with Crippen LogP contribution >= 0.6 is 11.8 Å². The first-order chi connectivity index (χ1) is 3.83. The predicted octanol–water partition coefficient (Wildman–Crippen LogP) is -0.155. The van der Waals surface area contributed by atoms with E-state index in [2.05, 4.69) is 0 Å². The molecule has 0 aliphatic carbocycles. The summed E-state index contributed by atoms with van der Waals surface area (Å²) in [5, 5.41) is 17.7. The Balaban J connectivity index is 2.22. The van der Waals surface area contributed by atoms with Crippen LogP contribution in [-0.2, 0) is 0 Å². The first-order valence-corrected chi connectivity index (χ1v) is 3.78. The fourth-order valence-electron chi connectivity index (χ4n) is 0.814. The van der Waals surface area contributed by atoms with Crippen molar-refractivity contribution in [2.45, 2.75) is 17.8 Å². The number of hydrogen-bond donors (Lipinski definition) is 2. The summed E-state index contributed by atoms with van der Waals surface area (Å²) in [5.41, 5.74) is 0. The largest absolute Gasteiger partial charge is 0.395 e. The predicted molar refractivity (Wildman–Crippen MR) is 34.0 cm³/mol. The van der Waals surface area contributed by atoms with Gasteiger partial charge in [-0.25, -0.2) is 0 Å². The van der Waals surface area contributed by atoms with Crippen molar-refractivity contribution in [3.8, 4) is 0 Å². The monoisotopic (exact) mass is 134 g/mol. The Morgan fingerprint density at radius 1 is 1.62 bits per heavy atom. The molecule has 8 heavy (non-hydrogen) atoms. The van der Waals surface area contributed by atoms with E-state index in [1.807, 2.05) is 0 Å². The molecule has 0 aromatic heterocycles. The molecule has 1 heterocycles. The molecule has 48 valence electrons. The molecule has 1 unspecified atom stereocenters. The maximum atomic E-state index is 8.90. The summed E-state index contributed by atoms with van der Waals surface area (Å²) in [6.45, 7) is 0.210. The Labute approximate surface area is 52.9 Å². The number of aliphatic hydroxyl groups is 2. The Morgan fingerprint density at radius 3 is 2.62 bits per heavy atom. The molecule has 0 spiro atoms. The molecule has 1 rings (SSSR count). The van der Waals surface area contributed by atoms with Crippen LogP contribution in [0.5, 0.6) is 0 Å². The third-order valence-corrected chi connectivity index (χ3v) is 2.65. The van der Waals surface area contributed by atoms with Crippen LogP contribution < -0.4 is 0 Å². The molecule has 1 saturated heterocycles. The molecule has 1 aliphatic rings. The summed E-state index contributed by atoms with van der Waals surface area (Å²) in [7, 11) is 0. The van der Waals surface area contributed by atoms with Gasteiger partial charge in [0.1, 0.15) is 0 Å². The molecule has 0 aromatic carbocycles. The molecule has 0 saturated carbocycles. The van der Waals surface area contributed by atoms with Crippen LogP contribution in [0.2, 0.25) is 0 Å². The van der Waals surface area contributed by atoms with E-state index in [-0.39, 0.29) is 12.7 Å². The second-order valence-corrected chi connectivity index (χ2v) is 3.36. The van der Waals surface area contributed by atoms with Gasteiger partial charge in [-0.05, 0) is 6.42 Å². The van der Waals surface area contributed by atoms with Crippen molar-refractivity contribution < 1.29 is 10.2 Å². The zero-order valence-corrected chi connectivity index (χ0v) is 5.40. The number of hydrogen-bond acceptors (Lipinski definition) is 3. The average Bonchev–Trinajstić information content (AvgIpc) is 2.14. The zero-order chi connectivity index (χ0) is 5.98. The summed E-state index contributed by atoms with van der Waals surface area (Å²) in [5.74, 6) is 0.797. The van der Waals surface area contributed by atoms with Crippen LogP contribution in [0.3, 0.4) is 0 Å².